The Morgan fingerprint density at radius 3 is 2.45 bits per heavy atom. The van der Waals surface area contributed by atoms with Crippen LogP contribution in [0.1, 0.15) is 19.4 Å². The predicted octanol–water partition coefficient (Wildman–Crippen LogP) is 0.883. The van der Waals surface area contributed by atoms with Crippen molar-refractivity contribution < 1.29 is 13.2 Å². The molecule has 0 aliphatic carbocycles. The summed E-state index contributed by atoms with van der Waals surface area (Å²) in [6.45, 7) is 5.02. The molecule has 1 heterocycles. The lowest BCUT2D eigenvalue weighted by atomic mass is 10.1. The number of benzene rings is 1. The van der Waals surface area contributed by atoms with E-state index in [1.165, 1.54) is 12.1 Å². The van der Waals surface area contributed by atoms with Gasteiger partial charge < -0.3 is 0 Å². The number of aryl methyl sites for hydroxylation is 1. The molecule has 0 saturated heterocycles. The molecule has 0 atom stereocenters. The van der Waals surface area contributed by atoms with Crippen LogP contribution in [0.15, 0.2) is 34.2 Å². The number of guanidine groups is 1. The average molecular weight is 319 g/mol. The Morgan fingerprint density at radius 2 is 1.91 bits per heavy atom. The predicted molar refractivity (Wildman–Crippen MR) is 83.6 cm³/mol. The number of aliphatic imine (C=N–C) groups is 1. The molecule has 0 aromatic heterocycles. The van der Waals surface area contributed by atoms with Gasteiger partial charge in [0.25, 0.3) is 15.9 Å². The maximum Gasteiger partial charge on any atom is 0.264 e. The van der Waals surface area contributed by atoms with E-state index in [4.69, 9.17) is 6.42 Å². The van der Waals surface area contributed by atoms with Gasteiger partial charge in [-0.3, -0.25) is 9.69 Å². The molecule has 1 aliphatic heterocycles. The Kier molecular flexibility index (Phi) is 3.98. The molecule has 116 valence electrons. The summed E-state index contributed by atoms with van der Waals surface area (Å²) in [5, 5.41) is 0. The van der Waals surface area contributed by atoms with Crippen molar-refractivity contribution in [2.45, 2.75) is 31.2 Å². The number of nitrogens with one attached hydrogen (secondary N) is 1. The number of sulfonamides is 1. The van der Waals surface area contributed by atoms with Gasteiger partial charge in [-0.25, -0.2) is 18.1 Å². The maximum absolute atomic E-state index is 12.4. The average Bonchev–Trinajstić information content (AvgIpc) is 2.62. The number of hydrogen-bond acceptors (Lipinski definition) is 4. The topological polar surface area (TPSA) is 78.8 Å². The van der Waals surface area contributed by atoms with Crippen LogP contribution in [0.4, 0.5) is 0 Å². The van der Waals surface area contributed by atoms with E-state index in [2.05, 4.69) is 15.6 Å². The van der Waals surface area contributed by atoms with Gasteiger partial charge in [0.1, 0.15) is 5.54 Å². The van der Waals surface area contributed by atoms with E-state index < -0.39 is 15.6 Å². The third-order valence-corrected chi connectivity index (χ3v) is 4.56. The van der Waals surface area contributed by atoms with E-state index in [9.17, 15) is 13.2 Å². The number of terminal acetylenes is 1. The van der Waals surface area contributed by atoms with Crippen molar-refractivity contribution in [3.63, 3.8) is 0 Å². The third-order valence-electron chi connectivity index (χ3n) is 3.22. The van der Waals surface area contributed by atoms with Crippen molar-refractivity contribution in [3.05, 3.63) is 29.8 Å². The molecule has 6 nitrogen and oxygen atoms in total. The van der Waals surface area contributed by atoms with E-state index in [-0.39, 0.29) is 23.3 Å². The molecule has 0 spiro atoms. The van der Waals surface area contributed by atoms with Crippen LogP contribution in [-0.2, 0) is 14.8 Å². The first-order valence-corrected chi connectivity index (χ1v) is 8.10. The summed E-state index contributed by atoms with van der Waals surface area (Å²) in [7, 11) is -3.83. The molecule has 1 amide bonds. The number of carbonyl (C=O) groups excluding carboxylic acids is 1. The zero-order valence-electron chi connectivity index (χ0n) is 12.6. The van der Waals surface area contributed by atoms with Gasteiger partial charge in [-0.1, -0.05) is 23.6 Å². The Hall–Kier alpha value is -2.33. The highest BCUT2D eigenvalue weighted by atomic mass is 32.2. The van der Waals surface area contributed by atoms with Crippen LogP contribution in [0.3, 0.4) is 0 Å². The summed E-state index contributed by atoms with van der Waals surface area (Å²) in [6, 6.07) is 6.37. The summed E-state index contributed by atoms with van der Waals surface area (Å²) in [6.07, 6.45) is 5.24. The largest absolute Gasteiger partial charge is 0.272 e. The first-order valence-electron chi connectivity index (χ1n) is 6.62. The molecule has 22 heavy (non-hydrogen) atoms. The summed E-state index contributed by atoms with van der Waals surface area (Å²) >= 11 is 0. The molecular formula is C15H17N3O3S. The summed E-state index contributed by atoms with van der Waals surface area (Å²) in [5.41, 5.74) is -0.0930. The highest BCUT2D eigenvalue weighted by molar-refractivity contribution is 7.90. The van der Waals surface area contributed by atoms with Gasteiger partial charge >= 0.3 is 0 Å². The Morgan fingerprint density at radius 1 is 1.32 bits per heavy atom. The molecule has 0 saturated carbocycles. The lowest BCUT2D eigenvalue weighted by molar-refractivity contribution is -0.129. The van der Waals surface area contributed by atoms with Crippen molar-refractivity contribution in [2.75, 3.05) is 6.54 Å². The first-order chi connectivity index (χ1) is 10.2. The van der Waals surface area contributed by atoms with Crippen LogP contribution < -0.4 is 4.72 Å². The number of carbonyl (C=O) groups is 1. The molecule has 1 aliphatic rings. The standard InChI is InChI=1S/C15H17N3O3S/c1-5-10-18-13(19)15(3,4)16-14(18)17-22(20,21)12-8-6-11(2)7-9-12/h1,6-9H,10H2,2-4H3,(H,16,17). The van der Waals surface area contributed by atoms with Crippen LogP contribution in [0.25, 0.3) is 0 Å². The number of rotatable bonds is 3. The fraction of sp³-hybridized carbons (Fsp3) is 0.333. The highest BCUT2D eigenvalue weighted by Crippen LogP contribution is 2.22. The van der Waals surface area contributed by atoms with Gasteiger partial charge in [-0.15, -0.1) is 6.42 Å². The van der Waals surface area contributed by atoms with Gasteiger partial charge in [0.2, 0.25) is 5.96 Å². The number of nitrogens with zero attached hydrogens (tertiary/aromatic N) is 2. The first kappa shape index (κ1) is 16.0. The Labute approximate surface area is 130 Å². The normalized spacial score (nSPS) is 17.1. The molecule has 2 rings (SSSR count). The van der Waals surface area contributed by atoms with Crippen molar-refractivity contribution >= 4 is 21.9 Å². The van der Waals surface area contributed by atoms with Crippen molar-refractivity contribution in [1.82, 2.24) is 9.62 Å². The van der Waals surface area contributed by atoms with Crippen LogP contribution >= 0.6 is 0 Å². The lowest BCUT2D eigenvalue weighted by Crippen LogP contribution is -2.45. The molecule has 0 bridgehead atoms. The number of hydrogen-bond donors (Lipinski definition) is 1. The van der Waals surface area contributed by atoms with Crippen molar-refractivity contribution in [1.29, 1.82) is 0 Å². The summed E-state index contributed by atoms with van der Waals surface area (Å²) in [5.74, 6) is 1.94. The number of amides is 1. The zero-order valence-corrected chi connectivity index (χ0v) is 13.4. The minimum absolute atomic E-state index is 0.0441. The maximum atomic E-state index is 12.4. The molecule has 1 aromatic carbocycles. The SMILES string of the molecule is C#CCN1C(=O)C(C)(C)N=C1NS(=O)(=O)c1ccc(C)cc1. The van der Waals surface area contributed by atoms with Gasteiger partial charge in [0.05, 0.1) is 11.4 Å². The smallest absolute Gasteiger partial charge is 0.264 e. The fourth-order valence-electron chi connectivity index (χ4n) is 2.01. The van der Waals surface area contributed by atoms with E-state index in [1.807, 2.05) is 6.92 Å². The fourth-order valence-corrected chi connectivity index (χ4v) is 3.02. The zero-order chi connectivity index (χ0) is 16.5. The minimum Gasteiger partial charge on any atom is -0.272 e. The van der Waals surface area contributed by atoms with Gasteiger partial charge in [-0.2, -0.15) is 0 Å². The quantitative estimate of drug-likeness (QED) is 0.840. The van der Waals surface area contributed by atoms with E-state index >= 15 is 0 Å². The van der Waals surface area contributed by atoms with Gasteiger partial charge in [0.15, 0.2) is 0 Å². The summed E-state index contributed by atoms with van der Waals surface area (Å²) in [4.78, 5) is 17.6. The van der Waals surface area contributed by atoms with Crippen LogP contribution in [0.2, 0.25) is 0 Å². The Balaban J connectivity index is 2.34. The van der Waals surface area contributed by atoms with E-state index in [1.54, 1.807) is 26.0 Å². The molecule has 1 N–H and O–H groups in total. The third kappa shape index (κ3) is 2.97. The highest BCUT2D eigenvalue weighted by Gasteiger charge is 2.42. The van der Waals surface area contributed by atoms with Gasteiger partial charge in [-0.05, 0) is 32.9 Å². The van der Waals surface area contributed by atoms with Crippen molar-refractivity contribution in [3.8, 4) is 12.3 Å². The monoisotopic (exact) mass is 319 g/mol. The van der Waals surface area contributed by atoms with Gasteiger partial charge in [0, 0.05) is 0 Å². The lowest BCUT2D eigenvalue weighted by Gasteiger charge is -2.18. The van der Waals surface area contributed by atoms with Crippen LogP contribution in [0.5, 0.6) is 0 Å². The van der Waals surface area contributed by atoms with E-state index in [0.717, 1.165) is 10.5 Å². The second kappa shape index (κ2) is 5.46. The van der Waals surface area contributed by atoms with Crippen molar-refractivity contribution in [2.24, 2.45) is 4.99 Å². The molecule has 0 unspecified atom stereocenters. The van der Waals surface area contributed by atoms with Crippen LogP contribution in [-0.4, -0.2) is 37.3 Å². The van der Waals surface area contributed by atoms with Crippen LogP contribution in [0, 0.1) is 19.3 Å². The Bertz CT molecular complexity index is 771. The molecule has 0 radical (unpaired) electrons. The minimum atomic E-state index is -3.83. The molecular weight excluding hydrogens is 302 g/mol. The van der Waals surface area contributed by atoms with E-state index in [0.29, 0.717) is 0 Å². The molecule has 0 fully saturated rings. The second-order valence-electron chi connectivity index (χ2n) is 5.51. The second-order valence-corrected chi connectivity index (χ2v) is 7.19. The summed E-state index contributed by atoms with van der Waals surface area (Å²) < 4.78 is 27.1. The molecule has 7 heteroatoms. The molecule has 1 aromatic rings.